The van der Waals surface area contributed by atoms with Gasteiger partial charge in [-0.2, -0.15) is 4.31 Å². The minimum absolute atomic E-state index is 0.228. The molecule has 1 aromatic rings. The van der Waals surface area contributed by atoms with Crippen molar-refractivity contribution < 1.29 is 8.42 Å². The molecule has 0 amide bonds. The highest BCUT2D eigenvalue weighted by Crippen LogP contribution is 2.40. The maximum Gasteiger partial charge on any atom is 0.243 e. The van der Waals surface area contributed by atoms with Crippen LogP contribution in [0.5, 0.6) is 0 Å². The van der Waals surface area contributed by atoms with Crippen LogP contribution in [0.3, 0.4) is 0 Å². The Kier molecular flexibility index (Phi) is 4.08. The average Bonchev–Trinajstić information content (AvgIpc) is 3.08. The molecule has 1 N–H and O–H groups in total. The van der Waals surface area contributed by atoms with E-state index in [2.05, 4.69) is 19.2 Å². The van der Waals surface area contributed by atoms with Gasteiger partial charge in [0.1, 0.15) is 0 Å². The van der Waals surface area contributed by atoms with Crippen molar-refractivity contribution in [3.63, 3.8) is 0 Å². The summed E-state index contributed by atoms with van der Waals surface area (Å²) in [5.41, 5.74) is 0.869. The Bertz CT molecular complexity index is 612. The number of piperidine rings is 1. The Morgan fingerprint density at radius 3 is 2.67 bits per heavy atom. The van der Waals surface area contributed by atoms with Gasteiger partial charge in [0.15, 0.2) is 0 Å². The lowest BCUT2D eigenvalue weighted by atomic mass is 10.1. The number of benzene rings is 1. The predicted octanol–water partition coefficient (Wildman–Crippen LogP) is 2.36. The van der Waals surface area contributed by atoms with Crippen LogP contribution in [0.1, 0.15) is 38.7 Å². The fraction of sp³-hybridized carbons (Fsp3) is 0.625. The molecule has 1 heterocycles. The molecule has 1 aliphatic carbocycles. The molecule has 2 bridgehead atoms. The van der Waals surface area contributed by atoms with Crippen LogP contribution in [0.2, 0.25) is 0 Å². The molecule has 1 aromatic carbocycles. The maximum atomic E-state index is 13.0. The standard InChI is InChI=1S/C16H24N2O2S/c1-12(2)17-10-14-5-3-4-6-16(14)21(19,20)18-11-13-7-8-15(18)9-13/h3-6,12-13,15,17H,7-11H2,1-2H3. The average molecular weight is 308 g/mol. The van der Waals surface area contributed by atoms with Gasteiger partial charge < -0.3 is 5.32 Å². The number of sulfonamides is 1. The molecule has 4 nitrogen and oxygen atoms in total. The van der Waals surface area contributed by atoms with Crippen molar-refractivity contribution in [3.8, 4) is 0 Å². The lowest BCUT2D eigenvalue weighted by Gasteiger charge is -2.27. The van der Waals surface area contributed by atoms with Crippen molar-refractivity contribution in [3.05, 3.63) is 29.8 Å². The van der Waals surface area contributed by atoms with Gasteiger partial charge in [-0.15, -0.1) is 0 Å². The van der Waals surface area contributed by atoms with Crippen LogP contribution in [0.25, 0.3) is 0 Å². The van der Waals surface area contributed by atoms with E-state index in [0.29, 0.717) is 29.9 Å². The zero-order chi connectivity index (χ0) is 15.0. The smallest absolute Gasteiger partial charge is 0.243 e. The van der Waals surface area contributed by atoms with Gasteiger partial charge in [0.2, 0.25) is 10.0 Å². The van der Waals surface area contributed by atoms with Crippen molar-refractivity contribution in [1.82, 2.24) is 9.62 Å². The van der Waals surface area contributed by atoms with E-state index in [1.165, 1.54) is 6.42 Å². The zero-order valence-corrected chi connectivity index (χ0v) is 13.6. The van der Waals surface area contributed by atoms with E-state index in [1.54, 1.807) is 10.4 Å². The molecule has 0 radical (unpaired) electrons. The second-order valence-corrected chi connectivity index (χ2v) is 8.41. The highest BCUT2D eigenvalue weighted by atomic mass is 32.2. The van der Waals surface area contributed by atoms with Gasteiger partial charge in [-0.05, 0) is 36.8 Å². The molecule has 116 valence electrons. The highest BCUT2D eigenvalue weighted by molar-refractivity contribution is 7.89. The first-order valence-corrected chi connectivity index (χ1v) is 9.25. The first-order valence-electron chi connectivity index (χ1n) is 7.81. The monoisotopic (exact) mass is 308 g/mol. The van der Waals surface area contributed by atoms with Gasteiger partial charge in [0, 0.05) is 25.2 Å². The molecular formula is C16H24N2O2S. The number of hydrogen-bond donors (Lipinski definition) is 1. The lowest BCUT2D eigenvalue weighted by molar-refractivity contribution is 0.333. The van der Waals surface area contributed by atoms with Crippen molar-refractivity contribution in [2.24, 2.45) is 5.92 Å². The third-order valence-corrected chi connectivity index (χ3v) is 6.64. The van der Waals surface area contributed by atoms with Crippen molar-refractivity contribution in [1.29, 1.82) is 0 Å². The quantitative estimate of drug-likeness (QED) is 0.908. The second-order valence-electron chi connectivity index (χ2n) is 6.55. The summed E-state index contributed by atoms with van der Waals surface area (Å²) in [6.07, 6.45) is 3.26. The molecule has 2 atom stereocenters. The second kappa shape index (κ2) is 5.71. The van der Waals surface area contributed by atoms with Crippen LogP contribution in [0, 0.1) is 5.92 Å². The lowest BCUT2D eigenvalue weighted by Crippen LogP contribution is -2.38. The minimum atomic E-state index is -3.35. The van der Waals surface area contributed by atoms with Crippen molar-refractivity contribution >= 4 is 10.0 Å². The summed E-state index contributed by atoms with van der Waals surface area (Å²) in [5.74, 6) is 0.575. The molecular weight excluding hydrogens is 284 g/mol. The van der Waals surface area contributed by atoms with Crippen molar-refractivity contribution in [2.45, 2.75) is 56.6 Å². The van der Waals surface area contributed by atoms with E-state index in [0.717, 1.165) is 18.4 Å². The van der Waals surface area contributed by atoms with E-state index >= 15 is 0 Å². The molecule has 5 heteroatoms. The number of rotatable bonds is 5. The SMILES string of the molecule is CC(C)NCc1ccccc1S(=O)(=O)N1CC2CCC1C2. The van der Waals surface area contributed by atoms with Crippen LogP contribution >= 0.6 is 0 Å². The Labute approximate surface area is 127 Å². The van der Waals surface area contributed by atoms with Gasteiger partial charge >= 0.3 is 0 Å². The minimum Gasteiger partial charge on any atom is -0.310 e. The van der Waals surface area contributed by atoms with Gasteiger partial charge in [-0.25, -0.2) is 8.42 Å². The molecule has 21 heavy (non-hydrogen) atoms. The fourth-order valence-corrected chi connectivity index (χ4v) is 5.48. The van der Waals surface area contributed by atoms with E-state index in [4.69, 9.17) is 0 Å². The summed E-state index contributed by atoms with van der Waals surface area (Å²) in [5, 5.41) is 3.32. The molecule has 2 fully saturated rings. The summed E-state index contributed by atoms with van der Waals surface area (Å²) < 4.78 is 27.7. The molecule has 0 spiro atoms. The third-order valence-electron chi connectivity index (χ3n) is 4.62. The summed E-state index contributed by atoms with van der Waals surface area (Å²) in [6, 6.07) is 7.96. The predicted molar refractivity (Wildman–Crippen MR) is 83.4 cm³/mol. The molecule has 2 aliphatic rings. The van der Waals surface area contributed by atoms with E-state index < -0.39 is 10.0 Å². The molecule has 1 saturated heterocycles. The third kappa shape index (κ3) is 2.87. The first-order chi connectivity index (χ1) is 9.98. The Hall–Kier alpha value is -0.910. The van der Waals surface area contributed by atoms with Crippen LogP contribution < -0.4 is 5.32 Å². The van der Waals surface area contributed by atoms with E-state index in [9.17, 15) is 8.42 Å². The normalized spacial score (nSPS) is 25.9. The summed E-state index contributed by atoms with van der Waals surface area (Å²) in [4.78, 5) is 0.478. The molecule has 1 saturated carbocycles. The number of nitrogens with zero attached hydrogens (tertiary/aromatic N) is 1. The van der Waals surface area contributed by atoms with E-state index in [-0.39, 0.29) is 6.04 Å². The number of nitrogens with one attached hydrogen (secondary N) is 1. The topological polar surface area (TPSA) is 49.4 Å². The molecule has 1 aliphatic heterocycles. The summed E-state index contributed by atoms with van der Waals surface area (Å²) in [6.45, 7) is 5.43. The molecule has 3 rings (SSSR count). The van der Waals surface area contributed by atoms with Gasteiger partial charge in [0.25, 0.3) is 0 Å². The Morgan fingerprint density at radius 1 is 1.29 bits per heavy atom. The summed E-state index contributed by atoms with van der Waals surface area (Å²) >= 11 is 0. The summed E-state index contributed by atoms with van der Waals surface area (Å²) in [7, 11) is -3.35. The van der Waals surface area contributed by atoms with Crippen LogP contribution in [-0.4, -0.2) is 31.4 Å². The van der Waals surface area contributed by atoms with Gasteiger partial charge in [-0.1, -0.05) is 32.0 Å². The van der Waals surface area contributed by atoms with E-state index in [1.807, 2.05) is 18.2 Å². The van der Waals surface area contributed by atoms with Crippen LogP contribution in [0.4, 0.5) is 0 Å². The largest absolute Gasteiger partial charge is 0.310 e. The Balaban J connectivity index is 1.88. The first kappa shape index (κ1) is 15.0. The molecule has 2 unspecified atom stereocenters. The fourth-order valence-electron chi connectivity index (χ4n) is 3.52. The van der Waals surface area contributed by atoms with Crippen LogP contribution in [-0.2, 0) is 16.6 Å². The van der Waals surface area contributed by atoms with Gasteiger partial charge in [0.05, 0.1) is 4.90 Å². The number of hydrogen-bond acceptors (Lipinski definition) is 3. The maximum absolute atomic E-state index is 13.0. The zero-order valence-electron chi connectivity index (χ0n) is 12.7. The number of fused-ring (bicyclic) bond motifs is 2. The molecule has 0 aromatic heterocycles. The van der Waals surface area contributed by atoms with Crippen LogP contribution in [0.15, 0.2) is 29.2 Å². The highest BCUT2D eigenvalue weighted by Gasteiger charge is 2.44. The van der Waals surface area contributed by atoms with Gasteiger partial charge in [-0.3, -0.25) is 0 Å². The van der Waals surface area contributed by atoms with Crippen molar-refractivity contribution in [2.75, 3.05) is 6.54 Å². The Morgan fingerprint density at radius 2 is 2.05 bits per heavy atom.